The van der Waals surface area contributed by atoms with Crippen LogP contribution in [0.15, 0.2) is 29.3 Å². The van der Waals surface area contributed by atoms with E-state index in [2.05, 4.69) is 30.3 Å². The molecule has 0 bridgehead atoms. The van der Waals surface area contributed by atoms with Crippen LogP contribution >= 0.6 is 0 Å². The Bertz CT molecular complexity index is 945. The SMILES string of the molecule is O=C(NC1CC1)c1noc(C2CCCN2Cc2cnc3cnccn23)n1. The second-order valence-electron chi connectivity index (χ2n) is 6.89. The van der Waals surface area contributed by atoms with E-state index in [0.29, 0.717) is 5.89 Å². The van der Waals surface area contributed by atoms with Crippen LogP contribution in [0.1, 0.15) is 53.9 Å². The summed E-state index contributed by atoms with van der Waals surface area (Å²) in [5, 5.41) is 6.76. The molecule has 3 aromatic heterocycles. The first-order chi connectivity index (χ1) is 12.8. The fourth-order valence-corrected chi connectivity index (χ4v) is 3.46. The number of fused-ring (bicyclic) bond motifs is 1. The highest BCUT2D eigenvalue weighted by atomic mass is 16.5. The van der Waals surface area contributed by atoms with Crippen LogP contribution in [0, 0.1) is 0 Å². The molecule has 1 saturated carbocycles. The number of hydrogen-bond donors (Lipinski definition) is 1. The summed E-state index contributed by atoms with van der Waals surface area (Å²) in [6.07, 6.45) is 11.3. The molecule has 134 valence electrons. The largest absolute Gasteiger partial charge is 0.346 e. The normalized spacial score (nSPS) is 20.7. The quantitative estimate of drug-likeness (QED) is 0.738. The Kier molecular flexibility index (Phi) is 3.66. The van der Waals surface area contributed by atoms with Crippen molar-refractivity contribution in [2.75, 3.05) is 6.54 Å². The molecule has 0 aromatic carbocycles. The first kappa shape index (κ1) is 15.4. The van der Waals surface area contributed by atoms with E-state index >= 15 is 0 Å². The summed E-state index contributed by atoms with van der Waals surface area (Å²) in [5.74, 6) is 0.389. The molecule has 1 atom stereocenters. The van der Waals surface area contributed by atoms with E-state index < -0.39 is 0 Å². The summed E-state index contributed by atoms with van der Waals surface area (Å²) in [6, 6.07) is 0.300. The second kappa shape index (κ2) is 6.17. The molecule has 1 saturated heterocycles. The minimum Gasteiger partial charge on any atom is -0.346 e. The second-order valence-corrected chi connectivity index (χ2v) is 6.89. The molecule has 2 aliphatic rings. The minimum atomic E-state index is -0.249. The smallest absolute Gasteiger partial charge is 0.292 e. The van der Waals surface area contributed by atoms with Gasteiger partial charge in [-0.1, -0.05) is 5.16 Å². The molecule has 1 unspecified atom stereocenters. The zero-order chi connectivity index (χ0) is 17.5. The van der Waals surface area contributed by atoms with Gasteiger partial charge in [0.2, 0.25) is 5.89 Å². The molecule has 1 N–H and O–H groups in total. The number of rotatable bonds is 5. The Balaban J connectivity index is 1.34. The monoisotopic (exact) mass is 353 g/mol. The molecule has 1 aliphatic carbocycles. The Morgan fingerprint density at radius 1 is 1.31 bits per heavy atom. The molecule has 4 heterocycles. The molecular weight excluding hydrogens is 334 g/mol. The van der Waals surface area contributed by atoms with Crippen LogP contribution in [0.25, 0.3) is 5.65 Å². The number of imidazole rings is 1. The third-order valence-electron chi connectivity index (χ3n) is 4.97. The third kappa shape index (κ3) is 2.84. The number of aromatic nitrogens is 5. The van der Waals surface area contributed by atoms with Crippen molar-refractivity contribution < 1.29 is 9.32 Å². The van der Waals surface area contributed by atoms with Crippen molar-refractivity contribution in [2.45, 2.75) is 44.3 Å². The lowest BCUT2D eigenvalue weighted by Crippen LogP contribution is -2.27. The van der Waals surface area contributed by atoms with Gasteiger partial charge in [-0.05, 0) is 32.2 Å². The predicted octanol–water partition coefficient (Wildman–Crippen LogP) is 1.34. The summed E-state index contributed by atoms with van der Waals surface area (Å²) in [5.41, 5.74) is 1.91. The molecule has 0 spiro atoms. The summed E-state index contributed by atoms with van der Waals surface area (Å²) in [7, 11) is 0. The van der Waals surface area contributed by atoms with Crippen molar-refractivity contribution in [3.63, 3.8) is 0 Å². The van der Waals surface area contributed by atoms with Crippen LogP contribution < -0.4 is 5.32 Å². The molecule has 9 heteroatoms. The predicted molar refractivity (Wildman–Crippen MR) is 90.2 cm³/mol. The molecule has 1 amide bonds. The third-order valence-corrected chi connectivity index (χ3v) is 4.97. The van der Waals surface area contributed by atoms with Gasteiger partial charge in [0.25, 0.3) is 11.7 Å². The van der Waals surface area contributed by atoms with Gasteiger partial charge in [-0.15, -0.1) is 0 Å². The number of likely N-dealkylation sites (tertiary alicyclic amines) is 1. The lowest BCUT2D eigenvalue weighted by molar-refractivity contribution is 0.0937. The first-order valence-electron chi connectivity index (χ1n) is 8.92. The number of nitrogens with zero attached hydrogens (tertiary/aromatic N) is 6. The maximum Gasteiger partial charge on any atom is 0.292 e. The Morgan fingerprint density at radius 3 is 3.12 bits per heavy atom. The van der Waals surface area contributed by atoms with E-state index in [1.807, 2.05) is 16.8 Å². The standard InChI is InChI=1S/C17H19N7O2/c25-16(20-11-3-4-11)15-21-17(26-22-15)13-2-1-6-23(13)10-12-8-19-14-9-18-5-7-24(12)14/h5,7-9,11,13H,1-4,6,10H2,(H,20,25). The van der Waals surface area contributed by atoms with Crippen LogP contribution in [-0.4, -0.2) is 47.9 Å². The number of nitrogens with one attached hydrogen (secondary N) is 1. The topological polar surface area (TPSA) is 101 Å². The molecular formula is C17H19N7O2. The minimum absolute atomic E-state index is 0.0253. The van der Waals surface area contributed by atoms with Crippen molar-refractivity contribution in [3.05, 3.63) is 42.2 Å². The zero-order valence-electron chi connectivity index (χ0n) is 14.2. The van der Waals surface area contributed by atoms with E-state index in [4.69, 9.17) is 4.52 Å². The van der Waals surface area contributed by atoms with Crippen LogP contribution in [0.5, 0.6) is 0 Å². The highest BCUT2D eigenvalue weighted by molar-refractivity contribution is 5.90. The molecule has 5 rings (SSSR count). The average Bonchev–Trinajstić information content (AvgIpc) is 3.07. The van der Waals surface area contributed by atoms with Gasteiger partial charge in [0.1, 0.15) is 0 Å². The number of amides is 1. The lowest BCUT2D eigenvalue weighted by Gasteiger charge is -2.20. The zero-order valence-corrected chi connectivity index (χ0v) is 14.2. The average molecular weight is 353 g/mol. The van der Waals surface area contributed by atoms with Crippen molar-refractivity contribution in [2.24, 2.45) is 0 Å². The van der Waals surface area contributed by atoms with E-state index in [1.165, 1.54) is 0 Å². The van der Waals surface area contributed by atoms with E-state index in [-0.39, 0.29) is 23.8 Å². The molecule has 26 heavy (non-hydrogen) atoms. The van der Waals surface area contributed by atoms with Crippen LogP contribution in [0.2, 0.25) is 0 Å². The van der Waals surface area contributed by atoms with E-state index in [0.717, 1.165) is 50.1 Å². The van der Waals surface area contributed by atoms with Crippen molar-refractivity contribution in [1.29, 1.82) is 0 Å². The maximum absolute atomic E-state index is 12.1. The van der Waals surface area contributed by atoms with Gasteiger partial charge < -0.3 is 9.84 Å². The van der Waals surface area contributed by atoms with Crippen molar-refractivity contribution in [3.8, 4) is 0 Å². The number of carbonyl (C=O) groups excluding carboxylic acids is 1. The summed E-state index contributed by atoms with van der Waals surface area (Å²) < 4.78 is 7.45. The van der Waals surface area contributed by atoms with E-state index in [1.54, 1.807) is 12.4 Å². The van der Waals surface area contributed by atoms with Crippen LogP contribution in [-0.2, 0) is 6.54 Å². The highest BCUT2D eigenvalue weighted by Crippen LogP contribution is 2.32. The fourth-order valence-electron chi connectivity index (χ4n) is 3.46. The Hall–Kier alpha value is -2.81. The summed E-state index contributed by atoms with van der Waals surface area (Å²) in [4.78, 5) is 27.2. The maximum atomic E-state index is 12.1. The Labute approximate surface area is 149 Å². The summed E-state index contributed by atoms with van der Waals surface area (Å²) in [6.45, 7) is 1.66. The molecule has 2 fully saturated rings. The molecule has 9 nitrogen and oxygen atoms in total. The van der Waals surface area contributed by atoms with Crippen molar-refractivity contribution in [1.82, 2.24) is 34.7 Å². The molecule has 1 aliphatic heterocycles. The van der Waals surface area contributed by atoms with E-state index in [9.17, 15) is 4.79 Å². The first-order valence-corrected chi connectivity index (χ1v) is 8.92. The number of hydrogen-bond acceptors (Lipinski definition) is 7. The van der Waals surface area contributed by atoms with Crippen molar-refractivity contribution >= 4 is 11.6 Å². The Morgan fingerprint density at radius 2 is 2.23 bits per heavy atom. The van der Waals surface area contributed by atoms with Gasteiger partial charge in [0.05, 0.1) is 24.1 Å². The lowest BCUT2D eigenvalue weighted by atomic mass is 10.2. The highest BCUT2D eigenvalue weighted by Gasteiger charge is 2.33. The van der Waals surface area contributed by atoms with Gasteiger partial charge >= 0.3 is 0 Å². The molecule has 3 aromatic rings. The number of carbonyl (C=O) groups is 1. The van der Waals surface area contributed by atoms with Crippen LogP contribution in [0.4, 0.5) is 0 Å². The fraction of sp³-hybridized carbons (Fsp3) is 0.471. The van der Waals surface area contributed by atoms with Gasteiger partial charge in [-0.3, -0.25) is 19.1 Å². The van der Waals surface area contributed by atoms with Gasteiger partial charge in [0, 0.05) is 25.0 Å². The molecule has 0 radical (unpaired) electrons. The van der Waals surface area contributed by atoms with Gasteiger partial charge in [-0.25, -0.2) is 4.98 Å². The van der Waals surface area contributed by atoms with Crippen LogP contribution in [0.3, 0.4) is 0 Å². The van der Waals surface area contributed by atoms with Gasteiger partial charge in [0.15, 0.2) is 5.65 Å². The van der Waals surface area contributed by atoms with Gasteiger partial charge in [-0.2, -0.15) is 4.98 Å². The summed E-state index contributed by atoms with van der Waals surface area (Å²) >= 11 is 0.